The summed E-state index contributed by atoms with van der Waals surface area (Å²) in [5.74, 6) is 0.980. The largest absolute Gasteiger partial charge is 0.494 e. The molecule has 1 heterocycles. The van der Waals surface area contributed by atoms with Crippen molar-refractivity contribution >= 4 is 23.0 Å². The summed E-state index contributed by atoms with van der Waals surface area (Å²) >= 11 is 0. The lowest BCUT2D eigenvalue weighted by molar-refractivity contribution is -0.383. The molecule has 1 aromatic heterocycles. The van der Waals surface area contributed by atoms with Gasteiger partial charge >= 0.3 is 5.69 Å². The Morgan fingerprint density at radius 3 is 2.06 bits per heavy atom. The van der Waals surface area contributed by atoms with Gasteiger partial charge in [0.05, 0.1) is 17.6 Å². The molecule has 0 bridgehead atoms. The van der Waals surface area contributed by atoms with Crippen LogP contribution in [0.25, 0.3) is 0 Å². The SMILES string of the molecule is CCCCOc1ccc(Nc2ncnc(NC(c3ccccc3)c3ccccc3)c2[N+](=O)[O-])cc1. The Hall–Kier alpha value is -4.46. The van der Waals surface area contributed by atoms with Crippen LogP contribution < -0.4 is 15.4 Å². The third-order valence-corrected chi connectivity index (χ3v) is 5.44. The highest BCUT2D eigenvalue weighted by Crippen LogP contribution is 2.35. The molecule has 8 heteroatoms. The van der Waals surface area contributed by atoms with E-state index < -0.39 is 4.92 Å². The van der Waals surface area contributed by atoms with Crippen LogP contribution in [-0.4, -0.2) is 21.5 Å². The molecule has 0 fully saturated rings. The first-order valence-electron chi connectivity index (χ1n) is 11.5. The van der Waals surface area contributed by atoms with E-state index in [0.717, 1.165) is 29.7 Å². The molecule has 2 N–H and O–H groups in total. The minimum Gasteiger partial charge on any atom is -0.494 e. The van der Waals surface area contributed by atoms with Gasteiger partial charge < -0.3 is 15.4 Å². The minimum absolute atomic E-state index is 0.104. The predicted molar refractivity (Wildman–Crippen MR) is 137 cm³/mol. The Morgan fingerprint density at radius 2 is 1.49 bits per heavy atom. The fraction of sp³-hybridized carbons (Fsp3) is 0.185. The molecule has 0 saturated heterocycles. The lowest BCUT2D eigenvalue weighted by Gasteiger charge is -2.20. The third-order valence-electron chi connectivity index (χ3n) is 5.44. The molecule has 0 aliphatic carbocycles. The number of nitrogens with zero attached hydrogens (tertiary/aromatic N) is 3. The summed E-state index contributed by atoms with van der Waals surface area (Å²) in [6.07, 6.45) is 3.35. The number of unbranched alkanes of at least 4 members (excludes halogenated alkanes) is 1. The van der Waals surface area contributed by atoms with E-state index in [0.29, 0.717) is 12.3 Å². The molecule has 4 rings (SSSR count). The van der Waals surface area contributed by atoms with Gasteiger partial charge in [-0.05, 0) is 41.8 Å². The lowest BCUT2D eigenvalue weighted by atomic mass is 9.99. The van der Waals surface area contributed by atoms with Crippen molar-refractivity contribution < 1.29 is 9.66 Å². The highest BCUT2D eigenvalue weighted by Gasteiger charge is 2.26. The van der Waals surface area contributed by atoms with Gasteiger partial charge in [-0.25, -0.2) is 9.97 Å². The number of aromatic nitrogens is 2. The average Bonchev–Trinajstić information content (AvgIpc) is 2.89. The van der Waals surface area contributed by atoms with Gasteiger partial charge in [-0.1, -0.05) is 74.0 Å². The van der Waals surface area contributed by atoms with Gasteiger partial charge in [-0.3, -0.25) is 10.1 Å². The van der Waals surface area contributed by atoms with Crippen LogP contribution in [0.5, 0.6) is 5.75 Å². The monoisotopic (exact) mass is 469 g/mol. The van der Waals surface area contributed by atoms with Crippen LogP contribution in [0.15, 0.2) is 91.3 Å². The summed E-state index contributed by atoms with van der Waals surface area (Å²) in [5.41, 5.74) is 2.34. The maximum absolute atomic E-state index is 12.1. The molecule has 0 spiro atoms. The van der Waals surface area contributed by atoms with Crippen molar-refractivity contribution in [3.8, 4) is 5.75 Å². The summed E-state index contributed by atoms with van der Waals surface area (Å²) in [5, 5.41) is 18.4. The molecular formula is C27H27N5O3. The van der Waals surface area contributed by atoms with Gasteiger partial charge in [0.2, 0.25) is 11.6 Å². The fourth-order valence-electron chi connectivity index (χ4n) is 3.64. The van der Waals surface area contributed by atoms with Crippen LogP contribution in [0.4, 0.5) is 23.0 Å². The van der Waals surface area contributed by atoms with Gasteiger partial charge in [0.1, 0.15) is 12.1 Å². The molecular weight excluding hydrogens is 442 g/mol. The number of benzene rings is 3. The second-order valence-electron chi connectivity index (χ2n) is 7.93. The van der Waals surface area contributed by atoms with E-state index in [4.69, 9.17) is 4.74 Å². The van der Waals surface area contributed by atoms with Gasteiger partial charge in [-0.15, -0.1) is 0 Å². The van der Waals surface area contributed by atoms with E-state index in [2.05, 4.69) is 27.5 Å². The van der Waals surface area contributed by atoms with Crippen molar-refractivity contribution in [3.05, 3.63) is 112 Å². The summed E-state index contributed by atoms with van der Waals surface area (Å²) in [6.45, 7) is 2.76. The first-order chi connectivity index (χ1) is 17.2. The molecule has 178 valence electrons. The van der Waals surface area contributed by atoms with Crippen LogP contribution in [0.1, 0.15) is 36.9 Å². The van der Waals surface area contributed by atoms with Gasteiger partial charge in [0, 0.05) is 5.69 Å². The van der Waals surface area contributed by atoms with Crippen molar-refractivity contribution in [3.63, 3.8) is 0 Å². The molecule has 35 heavy (non-hydrogen) atoms. The van der Waals surface area contributed by atoms with Crippen molar-refractivity contribution in [2.45, 2.75) is 25.8 Å². The molecule has 0 atom stereocenters. The van der Waals surface area contributed by atoms with Crippen LogP contribution in [-0.2, 0) is 0 Å². The van der Waals surface area contributed by atoms with Crippen molar-refractivity contribution in [1.29, 1.82) is 0 Å². The number of nitrogens with one attached hydrogen (secondary N) is 2. The molecule has 0 radical (unpaired) electrons. The Kier molecular flexibility index (Phi) is 7.85. The number of anilines is 3. The average molecular weight is 470 g/mol. The Bertz CT molecular complexity index is 1200. The normalized spacial score (nSPS) is 10.7. The Morgan fingerprint density at radius 1 is 0.886 bits per heavy atom. The standard InChI is InChI=1S/C27H27N5O3/c1-2-3-18-35-23-16-14-22(15-17-23)30-26-25(32(33)34)27(29-19-28-26)31-24(20-10-6-4-7-11-20)21-12-8-5-9-13-21/h4-17,19,24H,2-3,18H2,1H3,(H2,28,29,30,31). The predicted octanol–water partition coefficient (Wildman–Crippen LogP) is 6.51. The van der Waals surface area contributed by atoms with Gasteiger partial charge in [-0.2, -0.15) is 0 Å². The number of hydrogen-bond acceptors (Lipinski definition) is 7. The molecule has 0 unspecified atom stereocenters. The molecule has 0 aliphatic heterocycles. The van der Waals surface area contributed by atoms with Crippen molar-refractivity contribution in [2.75, 3.05) is 17.2 Å². The maximum Gasteiger partial charge on any atom is 0.353 e. The number of nitro groups is 1. The first kappa shape index (κ1) is 23.7. The van der Waals surface area contributed by atoms with Crippen LogP contribution in [0, 0.1) is 10.1 Å². The van der Waals surface area contributed by atoms with E-state index >= 15 is 0 Å². The van der Waals surface area contributed by atoms with Crippen LogP contribution in [0.2, 0.25) is 0 Å². The highest BCUT2D eigenvalue weighted by molar-refractivity contribution is 5.74. The molecule has 3 aromatic carbocycles. The fourth-order valence-corrected chi connectivity index (χ4v) is 3.64. The molecule has 0 saturated carbocycles. The van der Waals surface area contributed by atoms with Crippen LogP contribution in [0.3, 0.4) is 0 Å². The van der Waals surface area contributed by atoms with E-state index in [1.807, 2.05) is 72.8 Å². The summed E-state index contributed by atoms with van der Waals surface area (Å²) in [6, 6.07) is 26.4. The zero-order chi connectivity index (χ0) is 24.5. The highest BCUT2D eigenvalue weighted by atomic mass is 16.6. The van der Waals surface area contributed by atoms with Gasteiger partial charge in [0.25, 0.3) is 0 Å². The molecule has 4 aromatic rings. The quantitative estimate of drug-likeness (QED) is 0.147. The minimum atomic E-state index is -0.472. The second-order valence-corrected chi connectivity index (χ2v) is 7.93. The summed E-state index contributed by atoms with van der Waals surface area (Å²) < 4.78 is 5.69. The van der Waals surface area contributed by atoms with E-state index in [1.54, 1.807) is 12.1 Å². The zero-order valence-electron chi connectivity index (χ0n) is 19.4. The number of rotatable bonds is 11. The Balaban J connectivity index is 1.62. The van der Waals surface area contributed by atoms with E-state index in [9.17, 15) is 10.1 Å². The van der Waals surface area contributed by atoms with Crippen LogP contribution >= 0.6 is 0 Å². The number of ether oxygens (including phenoxy) is 1. The third kappa shape index (κ3) is 6.11. The van der Waals surface area contributed by atoms with Crippen molar-refractivity contribution in [2.24, 2.45) is 0 Å². The Labute approximate surface area is 204 Å². The first-order valence-corrected chi connectivity index (χ1v) is 11.5. The van der Waals surface area contributed by atoms with Gasteiger partial charge in [0.15, 0.2) is 0 Å². The lowest BCUT2D eigenvalue weighted by Crippen LogP contribution is -2.15. The summed E-state index contributed by atoms with van der Waals surface area (Å²) in [7, 11) is 0. The molecule has 0 aliphatic rings. The molecule has 8 nitrogen and oxygen atoms in total. The second kappa shape index (κ2) is 11.6. The summed E-state index contributed by atoms with van der Waals surface area (Å²) in [4.78, 5) is 20.0. The van der Waals surface area contributed by atoms with Crippen molar-refractivity contribution in [1.82, 2.24) is 9.97 Å². The topological polar surface area (TPSA) is 102 Å². The molecule has 0 amide bonds. The maximum atomic E-state index is 12.1. The number of hydrogen-bond donors (Lipinski definition) is 2. The van der Waals surface area contributed by atoms with E-state index in [-0.39, 0.29) is 23.4 Å². The smallest absolute Gasteiger partial charge is 0.353 e. The van der Waals surface area contributed by atoms with E-state index in [1.165, 1.54) is 6.33 Å². The zero-order valence-corrected chi connectivity index (χ0v) is 19.4.